The van der Waals surface area contributed by atoms with Gasteiger partial charge in [-0.05, 0) is 71.6 Å². The van der Waals surface area contributed by atoms with Gasteiger partial charge >= 0.3 is 12.2 Å². The molecule has 2 heterocycles. The van der Waals surface area contributed by atoms with Gasteiger partial charge in [-0.1, -0.05) is 130 Å². The zero-order valence-corrected chi connectivity index (χ0v) is 43.3. The highest BCUT2D eigenvalue weighted by Crippen LogP contribution is 2.43. The van der Waals surface area contributed by atoms with Gasteiger partial charge < -0.3 is 45.2 Å². The summed E-state index contributed by atoms with van der Waals surface area (Å²) in [4.78, 5) is 71.4. The van der Waals surface area contributed by atoms with E-state index in [0.29, 0.717) is 43.0 Å². The number of ether oxygens (including phenoxy) is 2. The number of alkyl carbamates (subject to hydrolysis) is 2. The van der Waals surface area contributed by atoms with Crippen molar-refractivity contribution in [2.75, 3.05) is 27.3 Å². The molecule has 0 radical (unpaired) electrons. The number of carbonyl (C=O) groups excluding carboxylic acids is 4. The fourth-order valence-electron chi connectivity index (χ4n) is 8.79. The average Bonchev–Trinajstić information content (AvgIpc) is 3.74. The molecular weight excluding hydrogens is 883 g/mol. The van der Waals surface area contributed by atoms with Gasteiger partial charge in [-0.15, -0.1) is 0 Å². The van der Waals surface area contributed by atoms with E-state index >= 15 is 0 Å². The number of nitrogens with zero attached hydrogens (tertiary/aromatic N) is 4. The van der Waals surface area contributed by atoms with E-state index in [1.807, 2.05) is 82.8 Å². The first-order valence-electron chi connectivity index (χ1n) is 24.5. The summed E-state index contributed by atoms with van der Waals surface area (Å²) in [5.41, 5.74) is 8.64. The first-order chi connectivity index (χ1) is 33.5. The first kappa shape index (κ1) is 54.0. The Morgan fingerprint density at radius 3 is 1.84 bits per heavy atom. The lowest BCUT2D eigenvalue weighted by molar-refractivity contribution is -0.137. The van der Waals surface area contributed by atoms with Gasteiger partial charge in [0.2, 0.25) is 11.8 Å². The number of aromatic amines is 2. The quantitative estimate of drug-likeness (QED) is 0.0377. The largest absolute Gasteiger partial charge is 0.453 e. The number of hydrogen-bond acceptors (Lipinski definition) is 9. The van der Waals surface area contributed by atoms with Crippen LogP contribution in [0.2, 0.25) is 0 Å². The van der Waals surface area contributed by atoms with Gasteiger partial charge in [0, 0.05) is 54.1 Å². The Labute approximate surface area is 414 Å². The van der Waals surface area contributed by atoms with Gasteiger partial charge in [-0.2, -0.15) is 0 Å². The van der Waals surface area contributed by atoms with E-state index in [-0.39, 0.29) is 41.7 Å². The van der Waals surface area contributed by atoms with Gasteiger partial charge in [0.1, 0.15) is 17.9 Å². The maximum Gasteiger partial charge on any atom is 0.407 e. The van der Waals surface area contributed by atoms with Crippen LogP contribution in [-0.4, -0.2) is 107 Å². The highest BCUT2D eigenvalue weighted by molar-refractivity contribution is 6.03. The zero-order chi connectivity index (χ0) is 51.4. The number of fused-ring (bicyclic) bond motifs is 1. The molecule has 70 heavy (non-hydrogen) atoms. The van der Waals surface area contributed by atoms with Crippen LogP contribution >= 0.6 is 0 Å². The Hall–Kier alpha value is -6.90. The molecule has 5 N–H and O–H groups in total. The molecule has 0 aliphatic heterocycles. The highest BCUT2D eigenvalue weighted by atomic mass is 16.5. The highest BCUT2D eigenvalue weighted by Gasteiger charge is 2.50. The van der Waals surface area contributed by atoms with Crippen molar-refractivity contribution in [1.82, 2.24) is 40.7 Å². The van der Waals surface area contributed by atoms with E-state index in [9.17, 15) is 19.2 Å². The van der Waals surface area contributed by atoms with Crippen molar-refractivity contribution in [2.24, 2.45) is 34.6 Å². The fraction of sp³-hybridized carbons (Fsp3) is 0.455. The third-order valence-corrected chi connectivity index (χ3v) is 13.5. The van der Waals surface area contributed by atoms with Gasteiger partial charge in [-0.3, -0.25) is 14.6 Å². The lowest BCUT2D eigenvalue weighted by Crippen LogP contribution is -2.55. The number of imidazole rings is 1. The molecule has 1 saturated carbocycles. The molecule has 15 heteroatoms. The van der Waals surface area contributed by atoms with Crippen molar-refractivity contribution < 1.29 is 28.7 Å². The molecule has 1 fully saturated rings. The summed E-state index contributed by atoms with van der Waals surface area (Å²) in [6.07, 6.45) is 4.31. The number of hydrogen-bond donors (Lipinski definition) is 5. The second kappa shape index (κ2) is 24.6. The number of nitrogens with one attached hydrogen (secondary N) is 5. The molecule has 5 aromatic rings. The van der Waals surface area contributed by atoms with E-state index in [1.165, 1.54) is 14.2 Å². The van der Waals surface area contributed by atoms with Crippen molar-refractivity contribution in [3.05, 3.63) is 96.7 Å². The molecule has 2 unspecified atom stereocenters. The van der Waals surface area contributed by atoms with Crippen molar-refractivity contribution in [1.29, 1.82) is 0 Å². The van der Waals surface area contributed by atoms with Gasteiger partial charge in [0.25, 0.3) is 0 Å². The number of benzene rings is 3. The minimum absolute atomic E-state index is 0.0527. The third-order valence-electron chi connectivity index (χ3n) is 13.5. The lowest BCUT2D eigenvalue weighted by atomic mass is 9.95. The van der Waals surface area contributed by atoms with Crippen LogP contribution in [0.1, 0.15) is 87.5 Å². The normalized spacial score (nSPS) is 16.7. The van der Waals surface area contributed by atoms with E-state index in [2.05, 4.69) is 125 Å². The van der Waals surface area contributed by atoms with Crippen molar-refractivity contribution in [2.45, 2.75) is 107 Å². The summed E-state index contributed by atoms with van der Waals surface area (Å²) in [7, 11) is 2.58. The van der Waals surface area contributed by atoms with Crippen LogP contribution in [0.15, 0.2) is 90.3 Å². The van der Waals surface area contributed by atoms with Crippen LogP contribution < -0.4 is 16.0 Å². The fourth-order valence-corrected chi connectivity index (χ4v) is 8.79. The Kier molecular flexibility index (Phi) is 19.0. The summed E-state index contributed by atoms with van der Waals surface area (Å²) in [5, 5.41) is 9.87. The second-order valence-electron chi connectivity index (χ2n) is 18.9. The Bertz CT molecular complexity index is 2570. The number of H-pyrrole nitrogens is 2. The molecule has 0 spiro atoms. The standard InChI is InChI=1S/C53H69N9O6.C2H6/c1-30(2)35(9)61(50(63)46(31(3)4)59-52(65)67-11)26-25-55-27-43(54-10)38-17-15-37(16-18-38)41-22-21-40(42-23-24-56-48(41)42)36-13-19-39(20-14-36)44-28-57-45(58-44)29-62(49-33(7)34(49)8)51(64)47(32(5)6)60-53(66)68-12;1-2/h13-24,27-28,30-35,46-47,49,55-56H,10,25-26,29H2,1-9,11-12H3,(H,57,58)(H,59,65)(H,60,66);1-2H3/b43-27-;/t33-,34?,35-,46+,47+,49?;/m1./s1. The third kappa shape index (κ3) is 12.6. The predicted octanol–water partition coefficient (Wildman–Crippen LogP) is 10.1. The van der Waals surface area contributed by atoms with Crippen LogP contribution in [0.4, 0.5) is 9.59 Å². The van der Waals surface area contributed by atoms with Gasteiger partial charge in [0.15, 0.2) is 0 Å². The summed E-state index contributed by atoms with van der Waals surface area (Å²) < 4.78 is 9.61. The predicted molar refractivity (Wildman–Crippen MR) is 281 cm³/mol. The smallest absolute Gasteiger partial charge is 0.407 e. The van der Waals surface area contributed by atoms with Crippen LogP contribution in [0, 0.1) is 29.6 Å². The van der Waals surface area contributed by atoms with Crippen LogP contribution in [0.3, 0.4) is 0 Å². The SMILES string of the molecule is C=N/C(=C\NCCN(C(=O)[C@@H](NC(=O)OC)C(C)C)[C@H](C)C(C)C)c1ccc(-c2ccc(-c3ccc(-c4cnc(CN(C(=O)[C@@H](NC(=O)OC)C(C)C)C5C(C)[C@H]5C)[nH]4)cc3)c3cc[nH]c23)cc1.CC. The average molecular weight is 958 g/mol. The van der Waals surface area contributed by atoms with Crippen LogP contribution in [0.25, 0.3) is 50.1 Å². The minimum Gasteiger partial charge on any atom is -0.453 e. The van der Waals surface area contributed by atoms with Crippen molar-refractivity contribution >= 4 is 47.3 Å². The van der Waals surface area contributed by atoms with E-state index in [1.54, 1.807) is 6.20 Å². The van der Waals surface area contributed by atoms with Crippen molar-refractivity contribution in [3.8, 4) is 33.5 Å². The number of carbonyl (C=O) groups is 4. The molecule has 6 rings (SSSR count). The molecule has 1 aliphatic carbocycles. The van der Waals surface area contributed by atoms with Crippen molar-refractivity contribution in [3.63, 3.8) is 0 Å². The molecule has 3 aromatic carbocycles. The summed E-state index contributed by atoms with van der Waals surface area (Å²) >= 11 is 0. The van der Waals surface area contributed by atoms with Crippen LogP contribution in [0.5, 0.6) is 0 Å². The number of rotatable bonds is 20. The van der Waals surface area contributed by atoms with E-state index < -0.39 is 24.3 Å². The van der Waals surface area contributed by atoms with E-state index in [4.69, 9.17) is 9.47 Å². The molecule has 1 aliphatic rings. The monoisotopic (exact) mass is 958 g/mol. The van der Waals surface area contributed by atoms with Gasteiger partial charge in [0.05, 0.1) is 43.9 Å². The molecular formula is C55H75N9O6. The molecule has 15 nitrogen and oxygen atoms in total. The molecule has 4 amide bonds. The Balaban J connectivity index is 0.00000450. The molecule has 0 bridgehead atoms. The Morgan fingerprint density at radius 2 is 1.30 bits per heavy atom. The number of amides is 4. The maximum atomic E-state index is 13.9. The van der Waals surface area contributed by atoms with Gasteiger partial charge in [-0.25, -0.2) is 14.6 Å². The number of aliphatic imine (C=N–C) groups is 1. The number of aromatic nitrogens is 3. The van der Waals surface area contributed by atoms with E-state index in [0.717, 1.165) is 50.0 Å². The Morgan fingerprint density at radius 1 is 0.757 bits per heavy atom. The summed E-state index contributed by atoms with van der Waals surface area (Å²) in [6, 6.07) is 21.5. The summed E-state index contributed by atoms with van der Waals surface area (Å²) in [5.74, 6) is 0.995. The first-order valence-corrected chi connectivity index (χ1v) is 24.5. The number of methoxy groups -OCH3 is 2. The topological polar surface area (TPSA) is 186 Å². The molecule has 0 saturated heterocycles. The molecule has 376 valence electrons. The second-order valence-corrected chi connectivity index (χ2v) is 18.9. The van der Waals surface area contributed by atoms with Crippen LogP contribution in [-0.2, 0) is 25.6 Å². The maximum absolute atomic E-state index is 13.9. The molecule has 2 aromatic heterocycles. The summed E-state index contributed by atoms with van der Waals surface area (Å²) in [6.45, 7) is 27.1. The zero-order valence-electron chi connectivity index (χ0n) is 43.3. The lowest BCUT2D eigenvalue weighted by Gasteiger charge is -2.35. The minimum atomic E-state index is -0.719. The molecule has 6 atom stereocenters.